The number of anilines is 1. The van der Waals surface area contributed by atoms with Gasteiger partial charge in [0.1, 0.15) is 5.41 Å². The number of carbonyl (C=O) groups is 1. The van der Waals surface area contributed by atoms with E-state index in [1.807, 2.05) is 0 Å². The van der Waals surface area contributed by atoms with Crippen LogP contribution in [0.3, 0.4) is 0 Å². The Morgan fingerprint density at radius 3 is 2.88 bits per heavy atom. The number of nitrogens with zero attached hydrogens (tertiary/aromatic N) is 2. The van der Waals surface area contributed by atoms with E-state index in [4.69, 9.17) is 4.74 Å². The highest BCUT2D eigenvalue weighted by Crippen LogP contribution is 2.44. The van der Waals surface area contributed by atoms with Crippen LogP contribution >= 0.6 is 0 Å². The number of hydrogen-bond donors (Lipinski definition) is 1. The molecule has 1 aromatic rings. The molecule has 2 aliphatic rings. The van der Waals surface area contributed by atoms with Crippen LogP contribution in [0.4, 0.5) is 20.2 Å². The van der Waals surface area contributed by atoms with E-state index in [0.717, 1.165) is 12.1 Å². The highest BCUT2D eigenvalue weighted by molar-refractivity contribution is 5.78. The van der Waals surface area contributed by atoms with Crippen LogP contribution in [-0.2, 0) is 9.53 Å². The smallest absolute Gasteiger partial charge is 0.387 e. The molecule has 3 rings (SSSR count). The van der Waals surface area contributed by atoms with Crippen molar-refractivity contribution in [1.29, 1.82) is 0 Å². The molecule has 0 unspecified atom stereocenters. The fourth-order valence-corrected chi connectivity index (χ4v) is 3.28. The second-order valence-corrected chi connectivity index (χ2v) is 5.84. The lowest BCUT2D eigenvalue weighted by Gasteiger charge is -2.23. The first-order valence-electron chi connectivity index (χ1n) is 7.13. The third-order valence-electron chi connectivity index (χ3n) is 4.52. The minimum Gasteiger partial charge on any atom is -0.481 e. The zero-order chi connectivity index (χ0) is 17.5. The third kappa shape index (κ3) is 2.62. The number of hydrogen-bond acceptors (Lipinski definition) is 6. The van der Waals surface area contributed by atoms with Gasteiger partial charge in [-0.2, -0.15) is 8.78 Å². The largest absolute Gasteiger partial charge is 0.481 e. The summed E-state index contributed by atoms with van der Waals surface area (Å²) in [6.07, 6.45) is 0. The van der Waals surface area contributed by atoms with Gasteiger partial charge in [-0.25, -0.2) is 0 Å². The van der Waals surface area contributed by atoms with Gasteiger partial charge in [-0.05, 0) is 6.07 Å². The minimum atomic E-state index is -3.20. The Bertz CT molecular complexity index is 685. The second-order valence-electron chi connectivity index (χ2n) is 5.84. The Kier molecular flexibility index (Phi) is 3.99. The predicted molar refractivity (Wildman–Crippen MR) is 76.3 cm³/mol. The van der Waals surface area contributed by atoms with Gasteiger partial charge in [0.15, 0.2) is 0 Å². The lowest BCUT2D eigenvalue weighted by Crippen LogP contribution is -2.39. The summed E-state index contributed by atoms with van der Waals surface area (Å²) in [6.45, 7) is -2.32. The number of halogens is 2. The number of alkyl halides is 2. The summed E-state index contributed by atoms with van der Waals surface area (Å²) in [5.74, 6) is -1.76. The van der Waals surface area contributed by atoms with Crippen LogP contribution in [0.15, 0.2) is 18.2 Å². The van der Waals surface area contributed by atoms with Gasteiger partial charge < -0.3 is 19.5 Å². The number of rotatable bonds is 5. The van der Waals surface area contributed by atoms with Crippen molar-refractivity contribution in [3.05, 3.63) is 28.3 Å². The molecule has 2 fully saturated rings. The molecule has 2 heterocycles. The van der Waals surface area contributed by atoms with Crippen molar-refractivity contribution in [3.63, 3.8) is 0 Å². The first-order valence-corrected chi connectivity index (χ1v) is 7.13. The fourth-order valence-electron chi connectivity index (χ4n) is 3.28. The maximum Gasteiger partial charge on any atom is 0.387 e. The van der Waals surface area contributed by atoms with Crippen LogP contribution in [0, 0.1) is 21.4 Å². The summed E-state index contributed by atoms with van der Waals surface area (Å²) in [4.78, 5) is 23.4. The number of benzene rings is 1. The Labute approximate surface area is 134 Å². The van der Waals surface area contributed by atoms with Crippen molar-refractivity contribution in [3.8, 4) is 5.75 Å². The molecule has 1 N–H and O–H groups in total. The third-order valence-corrected chi connectivity index (χ3v) is 4.52. The van der Waals surface area contributed by atoms with Crippen LogP contribution in [0.25, 0.3) is 0 Å². The molecule has 0 bridgehead atoms. The molecule has 0 radical (unpaired) electrons. The molecule has 0 aromatic heterocycles. The van der Waals surface area contributed by atoms with Gasteiger partial charge in [-0.1, -0.05) is 0 Å². The molecule has 8 nitrogen and oxygen atoms in total. The average Bonchev–Trinajstić information content (AvgIpc) is 3.03. The Morgan fingerprint density at radius 1 is 1.54 bits per heavy atom. The topological polar surface area (TPSA) is 102 Å². The predicted octanol–water partition coefficient (Wildman–Crippen LogP) is 1.73. The molecule has 0 aliphatic carbocycles. The lowest BCUT2D eigenvalue weighted by molar-refractivity contribution is -0.386. The van der Waals surface area contributed by atoms with Crippen LogP contribution in [0.2, 0.25) is 0 Å². The van der Waals surface area contributed by atoms with E-state index in [1.165, 1.54) is 6.07 Å². The van der Waals surface area contributed by atoms with Crippen molar-refractivity contribution in [2.45, 2.75) is 6.61 Å². The summed E-state index contributed by atoms with van der Waals surface area (Å²) < 4.78 is 34.4. The maximum atomic E-state index is 12.5. The van der Waals surface area contributed by atoms with Crippen LogP contribution < -0.4 is 9.64 Å². The van der Waals surface area contributed by atoms with Gasteiger partial charge in [0.2, 0.25) is 5.75 Å². The maximum absolute atomic E-state index is 12.5. The van der Waals surface area contributed by atoms with Gasteiger partial charge in [0.25, 0.3) is 0 Å². The molecule has 130 valence electrons. The number of fused-ring (bicyclic) bond motifs is 1. The molecule has 2 aliphatic heterocycles. The van der Waals surface area contributed by atoms with Crippen molar-refractivity contribution < 1.29 is 33.1 Å². The van der Waals surface area contributed by atoms with E-state index >= 15 is 0 Å². The molecule has 2 saturated heterocycles. The summed E-state index contributed by atoms with van der Waals surface area (Å²) >= 11 is 0. The number of ether oxygens (including phenoxy) is 2. The molecule has 1 aromatic carbocycles. The van der Waals surface area contributed by atoms with E-state index in [2.05, 4.69) is 4.74 Å². The number of carboxylic acids is 1. The quantitative estimate of drug-likeness (QED) is 0.641. The zero-order valence-corrected chi connectivity index (χ0v) is 12.4. The van der Waals surface area contributed by atoms with E-state index in [0.29, 0.717) is 18.8 Å². The summed E-state index contributed by atoms with van der Waals surface area (Å²) in [5.41, 5.74) is -1.23. The molecule has 0 saturated carbocycles. The van der Waals surface area contributed by atoms with E-state index in [-0.39, 0.29) is 19.1 Å². The van der Waals surface area contributed by atoms with Gasteiger partial charge in [-0.15, -0.1) is 0 Å². The average molecular weight is 344 g/mol. The number of carboxylic acid groups (broad SMARTS) is 1. The van der Waals surface area contributed by atoms with Gasteiger partial charge in [0, 0.05) is 36.8 Å². The molecular weight excluding hydrogens is 330 g/mol. The van der Waals surface area contributed by atoms with Crippen LogP contribution in [0.1, 0.15) is 0 Å². The number of aliphatic carboxylic acids is 1. The molecule has 0 spiro atoms. The van der Waals surface area contributed by atoms with Crippen molar-refractivity contribution in [1.82, 2.24) is 0 Å². The first kappa shape index (κ1) is 16.4. The number of nitro groups is 1. The Morgan fingerprint density at radius 2 is 2.29 bits per heavy atom. The van der Waals surface area contributed by atoms with E-state index < -0.39 is 34.4 Å². The van der Waals surface area contributed by atoms with E-state index in [9.17, 15) is 28.8 Å². The standard InChI is InChI=1S/C14H14F2N2O6/c15-13(16)24-11-3-9(1-2-10(11)18(21)22)17-4-8-5-23-7-14(8,6-17)12(19)20/h1-3,8,13H,4-7H2,(H,19,20)/t8-,14-/m1/s1. The highest BCUT2D eigenvalue weighted by atomic mass is 19.3. The van der Waals surface area contributed by atoms with Crippen molar-refractivity contribution in [2.24, 2.45) is 11.3 Å². The Balaban J connectivity index is 1.91. The normalized spacial score (nSPS) is 25.8. The summed E-state index contributed by atoms with van der Waals surface area (Å²) in [5, 5.41) is 20.4. The van der Waals surface area contributed by atoms with Gasteiger partial charge >= 0.3 is 18.3 Å². The highest BCUT2D eigenvalue weighted by Gasteiger charge is 2.56. The minimum absolute atomic E-state index is 0.0802. The lowest BCUT2D eigenvalue weighted by atomic mass is 9.81. The number of nitro benzene ring substituents is 1. The molecular formula is C14H14F2N2O6. The monoisotopic (exact) mass is 344 g/mol. The SMILES string of the molecule is O=C(O)[C@]12COC[C@H]1CN(c1ccc([N+](=O)[O-])c(OC(F)F)c1)C2. The fraction of sp³-hybridized carbons (Fsp3) is 0.500. The van der Waals surface area contributed by atoms with Crippen molar-refractivity contribution in [2.75, 3.05) is 31.2 Å². The molecule has 24 heavy (non-hydrogen) atoms. The van der Waals surface area contributed by atoms with Crippen molar-refractivity contribution >= 4 is 17.3 Å². The zero-order valence-electron chi connectivity index (χ0n) is 12.4. The van der Waals surface area contributed by atoms with E-state index in [1.54, 1.807) is 4.90 Å². The molecule has 0 amide bonds. The van der Waals surface area contributed by atoms with Crippen LogP contribution in [-0.4, -0.2) is 48.9 Å². The van der Waals surface area contributed by atoms with Gasteiger partial charge in [0.05, 0.1) is 18.1 Å². The van der Waals surface area contributed by atoms with Crippen LogP contribution in [0.5, 0.6) is 5.75 Å². The van der Waals surface area contributed by atoms with Gasteiger partial charge in [-0.3, -0.25) is 14.9 Å². The first-order chi connectivity index (χ1) is 11.3. The summed E-state index contributed by atoms with van der Waals surface area (Å²) in [6, 6.07) is 3.61. The molecule has 10 heteroatoms. The second kappa shape index (κ2) is 5.86. The summed E-state index contributed by atoms with van der Waals surface area (Å²) in [7, 11) is 0. The molecule has 2 atom stereocenters. The Hall–Kier alpha value is -2.49.